The van der Waals surface area contributed by atoms with Crippen LogP contribution in [0, 0.1) is 0 Å². The highest BCUT2D eigenvalue weighted by atomic mass is 32.2. The molecule has 1 aromatic carbocycles. The molecule has 0 aromatic heterocycles. The van der Waals surface area contributed by atoms with Gasteiger partial charge in [0, 0.05) is 13.0 Å². The molecule has 144 valence electrons. The van der Waals surface area contributed by atoms with Crippen LogP contribution in [0.5, 0.6) is 0 Å². The third-order valence-corrected chi connectivity index (χ3v) is 5.37. The topological polar surface area (TPSA) is 72.9 Å². The predicted octanol–water partition coefficient (Wildman–Crippen LogP) is 3.41. The Kier molecular flexibility index (Phi) is 7.99. The van der Waals surface area contributed by atoms with Gasteiger partial charge in [0.15, 0.2) is 0 Å². The van der Waals surface area contributed by atoms with Gasteiger partial charge in [0.05, 0.1) is 24.7 Å². The van der Waals surface area contributed by atoms with Crippen LogP contribution < -0.4 is 0 Å². The van der Waals surface area contributed by atoms with Crippen LogP contribution in [0.15, 0.2) is 29.2 Å². The number of unbranched alkanes of at least 4 members (excludes halogenated alkanes) is 2. The Morgan fingerprint density at radius 2 is 1.81 bits per heavy atom. The largest absolute Gasteiger partial charge is 0.469 e. The summed E-state index contributed by atoms with van der Waals surface area (Å²) in [5, 5.41) is 0. The van der Waals surface area contributed by atoms with Gasteiger partial charge in [0.25, 0.3) is 5.91 Å². The summed E-state index contributed by atoms with van der Waals surface area (Å²) in [6, 6.07) is 6.82. The van der Waals surface area contributed by atoms with Gasteiger partial charge in [-0.2, -0.15) is 0 Å². The second-order valence-corrected chi connectivity index (χ2v) is 7.51. The molecule has 0 radical (unpaired) electrons. The van der Waals surface area contributed by atoms with Gasteiger partial charge < -0.3 is 9.47 Å². The van der Waals surface area contributed by atoms with Crippen LogP contribution in [-0.2, 0) is 19.1 Å². The van der Waals surface area contributed by atoms with E-state index in [0.29, 0.717) is 27.8 Å². The number of rotatable bonds is 8. The van der Waals surface area contributed by atoms with E-state index >= 15 is 0 Å². The molecule has 6 nitrogen and oxygen atoms in total. The summed E-state index contributed by atoms with van der Waals surface area (Å²) in [6.07, 6.45) is 4.46. The molecule has 27 heavy (non-hydrogen) atoms. The minimum absolute atomic E-state index is 0.116. The number of thiocarbonyl (C=S) groups is 1. The molecule has 1 saturated heterocycles. The number of nitrogens with zero attached hydrogens (tertiary/aromatic N) is 1. The van der Waals surface area contributed by atoms with Crippen LogP contribution in [0.2, 0.25) is 0 Å². The highest BCUT2D eigenvalue weighted by molar-refractivity contribution is 8.26. The molecule has 0 spiro atoms. The number of thioether (sulfide) groups is 1. The van der Waals surface area contributed by atoms with E-state index in [4.69, 9.17) is 12.2 Å². The van der Waals surface area contributed by atoms with Crippen LogP contribution in [-0.4, -0.2) is 47.8 Å². The highest BCUT2D eigenvalue weighted by Crippen LogP contribution is 2.32. The molecule has 0 saturated carbocycles. The van der Waals surface area contributed by atoms with Gasteiger partial charge in [-0.15, -0.1) is 0 Å². The molecule has 0 N–H and O–H groups in total. The monoisotopic (exact) mass is 407 g/mol. The molecule has 1 aliphatic rings. The van der Waals surface area contributed by atoms with E-state index in [9.17, 15) is 14.4 Å². The van der Waals surface area contributed by atoms with Crippen molar-refractivity contribution in [3.8, 4) is 0 Å². The van der Waals surface area contributed by atoms with E-state index in [2.05, 4.69) is 9.47 Å². The first-order chi connectivity index (χ1) is 13.0. The van der Waals surface area contributed by atoms with E-state index in [-0.39, 0.29) is 11.9 Å². The number of benzene rings is 1. The summed E-state index contributed by atoms with van der Waals surface area (Å²) < 4.78 is 9.80. The van der Waals surface area contributed by atoms with Gasteiger partial charge in [-0.25, -0.2) is 4.79 Å². The molecule has 1 heterocycles. The number of carbonyl (C=O) groups excluding carboxylic acids is 3. The fourth-order valence-corrected chi connectivity index (χ4v) is 3.80. The van der Waals surface area contributed by atoms with E-state index in [1.54, 1.807) is 35.2 Å². The molecule has 0 unspecified atom stereocenters. The van der Waals surface area contributed by atoms with Gasteiger partial charge in [-0.05, 0) is 36.6 Å². The standard InChI is InChI=1S/C19H21NO5S2/c1-24-16(21)6-4-3-5-11-20-17(22)15(27-19(20)26)12-13-7-9-14(10-8-13)18(23)25-2/h7-10,12H,3-6,11H2,1-2H3/b15-12-. The predicted molar refractivity (Wildman–Crippen MR) is 108 cm³/mol. The minimum atomic E-state index is -0.403. The number of hydrogen-bond acceptors (Lipinski definition) is 7. The first-order valence-corrected chi connectivity index (χ1v) is 9.69. The average Bonchev–Trinajstić information content (AvgIpc) is 2.94. The SMILES string of the molecule is COC(=O)CCCCCN1C(=O)/C(=C/c2ccc(C(=O)OC)cc2)SC1=S. The smallest absolute Gasteiger partial charge is 0.337 e. The van der Waals surface area contributed by atoms with Crippen molar-refractivity contribution in [1.82, 2.24) is 4.90 Å². The first-order valence-electron chi connectivity index (χ1n) is 8.47. The second-order valence-electron chi connectivity index (χ2n) is 5.83. The molecule has 1 aliphatic heterocycles. The maximum absolute atomic E-state index is 12.6. The van der Waals surface area contributed by atoms with Crippen molar-refractivity contribution in [1.29, 1.82) is 0 Å². The second kappa shape index (κ2) is 10.2. The number of hydrogen-bond donors (Lipinski definition) is 0. The van der Waals surface area contributed by atoms with Gasteiger partial charge in [-0.3, -0.25) is 14.5 Å². The molecule has 1 amide bonds. The van der Waals surface area contributed by atoms with Crippen LogP contribution >= 0.6 is 24.0 Å². The molecule has 0 atom stereocenters. The molecule has 1 aromatic rings. The van der Waals surface area contributed by atoms with Crippen molar-refractivity contribution in [2.75, 3.05) is 20.8 Å². The normalized spacial score (nSPS) is 15.3. The molecule has 2 rings (SSSR count). The minimum Gasteiger partial charge on any atom is -0.469 e. The molecule has 0 bridgehead atoms. The van der Waals surface area contributed by atoms with E-state index in [1.807, 2.05) is 0 Å². The highest BCUT2D eigenvalue weighted by Gasteiger charge is 2.31. The Bertz CT molecular complexity index is 758. The van der Waals surface area contributed by atoms with Crippen LogP contribution in [0.25, 0.3) is 6.08 Å². The quantitative estimate of drug-likeness (QED) is 0.283. The van der Waals surface area contributed by atoms with Gasteiger partial charge in [0.1, 0.15) is 4.32 Å². The number of amides is 1. The molecule has 8 heteroatoms. The van der Waals surface area contributed by atoms with Gasteiger partial charge in [0.2, 0.25) is 0 Å². The Morgan fingerprint density at radius 1 is 1.11 bits per heavy atom. The summed E-state index contributed by atoms with van der Waals surface area (Å²) in [7, 11) is 2.70. The van der Waals surface area contributed by atoms with Gasteiger partial charge in [-0.1, -0.05) is 42.5 Å². The first kappa shape index (κ1) is 21.1. The zero-order chi connectivity index (χ0) is 19.8. The maximum atomic E-state index is 12.6. The Hall–Kier alpha value is -2.19. The number of ether oxygens (including phenoxy) is 2. The molecule has 0 aliphatic carbocycles. The Morgan fingerprint density at radius 3 is 2.44 bits per heavy atom. The molecular formula is C19H21NO5S2. The number of esters is 2. The third-order valence-electron chi connectivity index (χ3n) is 3.99. The van der Waals surface area contributed by atoms with E-state index < -0.39 is 5.97 Å². The summed E-state index contributed by atoms with van der Waals surface area (Å²) in [6.45, 7) is 0.532. The number of methoxy groups -OCH3 is 2. The Labute approximate surface area is 167 Å². The van der Waals surface area contributed by atoms with Crippen LogP contribution in [0.1, 0.15) is 41.6 Å². The summed E-state index contributed by atoms with van der Waals surface area (Å²) in [5.41, 5.74) is 1.26. The fourth-order valence-electron chi connectivity index (χ4n) is 2.50. The lowest BCUT2D eigenvalue weighted by molar-refractivity contribution is -0.140. The lowest BCUT2D eigenvalue weighted by Gasteiger charge is -2.13. The van der Waals surface area contributed by atoms with Crippen LogP contribution in [0.3, 0.4) is 0 Å². The van der Waals surface area contributed by atoms with Crippen molar-refractivity contribution >= 4 is 52.2 Å². The van der Waals surface area contributed by atoms with E-state index in [0.717, 1.165) is 24.8 Å². The van der Waals surface area contributed by atoms with Crippen molar-refractivity contribution in [2.24, 2.45) is 0 Å². The summed E-state index contributed by atoms with van der Waals surface area (Å²) in [5.74, 6) is -0.739. The fraction of sp³-hybridized carbons (Fsp3) is 0.368. The summed E-state index contributed by atoms with van der Waals surface area (Å²) >= 11 is 6.58. The van der Waals surface area contributed by atoms with Crippen molar-refractivity contribution in [3.63, 3.8) is 0 Å². The van der Waals surface area contributed by atoms with Crippen molar-refractivity contribution in [3.05, 3.63) is 40.3 Å². The Balaban J connectivity index is 1.91. The maximum Gasteiger partial charge on any atom is 0.337 e. The molecular weight excluding hydrogens is 386 g/mol. The van der Waals surface area contributed by atoms with Gasteiger partial charge >= 0.3 is 11.9 Å². The number of carbonyl (C=O) groups is 3. The third kappa shape index (κ3) is 5.90. The average molecular weight is 408 g/mol. The van der Waals surface area contributed by atoms with Crippen molar-refractivity contribution in [2.45, 2.75) is 25.7 Å². The lowest BCUT2D eigenvalue weighted by Crippen LogP contribution is -2.29. The van der Waals surface area contributed by atoms with Crippen molar-refractivity contribution < 1.29 is 23.9 Å². The zero-order valence-corrected chi connectivity index (χ0v) is 16.9. The van der Waals surface area contributed by atoms with Crippen LogP contribution in [0.4, 0.5) is 0 Å². The lowest BCUT2D eigenvalue weighted by atomic mass is 10.1. The zero-order valence-electron chi connectivity index (χ0n) is 15.2. The molecule has 1 fully saturated rings. The van der Waals surface area contributed by atoms with E-state index in [1.165, 1.54) is 26.0 Å². The summed E-state index contributed by atoms with van der Waals surface area (Å²) in [4.78, 5) is 37.3.